The fourth-order valence-corrected chi connectivity index (χ4v) is 2.64. The van der Waals surface area contributed by atoms with E-state index in [1.165, 1.54) is 7.11 Å². The molecule has 0 saturated heterocycles. The van der Waals surface area contributed by atoms with Gasteiger partial charge in [0.25, 0.3) is 0 Å². The van der Waals surface area contributed by atoms with E-state index in [9.17, 15) is 9.36 Å². The largest absolute Gasteiger partial charge is 0.496 e. The molecular formula is C13H19O4P. The summed E-state index contributed by atoms with van der Waals surface area (Å²) < 4.78 is 22.3. The zero-order chi connectivity index (χ0) is 13.6. The smallest absolute Gasteiger partial charge is 0.342 e. The minimum absolute atomic E-state index is 0.00309. The van der Waals surface area contributed by atoms with Crippen LogP contribution < -0.4 is 4.74 Å². The van der Waals surface area contributed by atoms with E-state index in [1.807, 2.05) is 13.8 Å². The minimum Gasteiger partial charge on any atom is -0.496 e. The topological polar surface area (TPSA) is 52.6 Å². The maximum absolute atomic E-state index is 12.1. The van der Waals surface area contributed by atoms with Crippen LogP contribution in [0.2, 0.25) is 0 Å². The van der Waals surface area contributed by atoms with Crippen LogP contribution in [-0.2, 0) is 9.30 Å². The van der Waals surface area contributed by atoms with Crippen LogP contribution in [0.15, 0.2) is 24.3 Å². The molecule has 0 unspecified atom stereocenters. The van der Waals surface area contributed by atoms with Crippen LogP contribution in [0, 0.1) is 0 Å². The van der Waals surface area contributed by atoms with Gasteiger partial charge in [0.05, 0.1) is 7.11 Å². The molecule has 1 aromatic rings. The SMILES string of the molecule is CCP(=O)(CC)COC(=O)c1ccccc1OC. The monoisotopic (exact) mass is 270 g/mol. The fraction of sp³-hybridized carbons (Fsp3) is 0.462. The lowest BCUT2D eigenvalue weighted by Crippen LogP contribution is -2.10. The van der Waals surface area contributed by atoms with Crippen LogP contribution in [0.3, 0.4) is 0 Å². The molecule has 1 rings (SSSR count). The van der Waals surface area contributed by atoms with E-state index in [1.54, 1.807) is 24.3 Å². The van der Waals surface area contributed by atoms with Gasteiger partial charge in [0.15, 0.2) is 0 Å². The highest BCUT2D eigenvalue weighted by molar-refractivity contribution is 7.63. The molecule has 0 spiro atoms. The second-order valence-electron chi connectivity index (χ2n) is 3.95. The van der Waals surface area contributed by atoms with Crippen molar-refractivity contribution in [2.75, 3.05) is 25.8 Å². The number of carbonyl (C=O) groups excluding carboxylic acids is 1. The van der Waals surface area contributed by atoms with Crippen molar-refractivity contribution in [2.24, 2.45) is 0 Å². The second kappa shape index (κ2) is 6.60. The highest BCUT2D eigenvalue weighted by atomic mass is 31.2. The molecule has 4 nitrogen and oxygen atoms in total. The Morgan fingerprint density at radius 2 is 1.83 bits per heavy atom. The van der Waals surface area contributed by atoms with Crippen molar-refractivity contribution in [1.29, 1.82) is 0 Å². The van der Waals surface area contributed by atoms with E-state index >= 15 is 0 Å². The molecule has 18 heavy (non-hydrogen) atoms. The first-order valence-electron chi connectivity index (χ1n) is 5.93. The van der Waals surface area contributed by atoms with Crippen LogP contribution in [0.25, 0.3) is 0 Å². The zero-order valence-electron chi connectivity index (χ0n) is 11.0. The maximum atomic E-state index is 12.1. The molecule has 0 aliphatic carbocycles. The van der Waals surface area contributed by atoms with Crippen molar-refractivity contribution in [2.45, 2.75) is 13.8 Å². The lowest BCUT2D eigenvalue weighted by Gasteiger charge is -2.15. The van der Waals surface area contributed by atoms with Gasteiger partial charge in [0.1, 0.15) is 24.8 Å². The van der Waals surface area contributed by atoms with Gasteiger partial charge < -0.3 is 14.0 Å². The Labute approximate surface area is 108 Å². The summed E-state index contributed by atoms with van der Waals surface area (Å²) in [4.78, 5) is 11.9. The molecule has 0 heterocycles. The second-order valence-corrected chi connectivity index (χ2v) is 7.59. The van der Waals surface area contributed by atoms with Gasteiger partial charge in [-0.25, -0.2) is 4.79 Å². The Kier molecular flexibility index (Phi) is 5.42. The Morgan fingerprint density at radius 3 is 2.39 bits per heavy atom. The average Bonchev–Trinajstić information content (AvgIpc) is 2.44. The van der Waals surface area contributed by atoms with Gasteiger partial charge in [-0.3, -0.25) is 0 Å². The first-order valence-corrected chi connectivity index (χ1v) is 8.19. The number of esters is 1. The third-order valence-electron chi connectivity index (χ3n) is 2.91. The molecular weight excluding hydrogens is 251 g/mol. The Balaban J connectivity index is 2.74. The molecule has 1 aromatic carbocycles. The molecule has 0 bridgehead atoms. The van der Waals surface area contributed by atoms with Crippen LogP contribution in [-0.4, -0.2) is 31.8 Å². The lowest BCUT2D eigenvalue weighted by molar-refractivity contribution is 0.0566. The highest BCUT2D eigenvalue weighted by Gasteiger charge is 2.21. The number of ether oxygens (including phenoxy) is 2. The van der Waals surface area contributed by atoms with E-state index in [-0.39, 0.29) is 6.35 Å². The number of hydrogen-bond acceptors (Lipinski definition) is 4. The van der Waals surface area contributed by atoms with Gasteiger partial charge in [-0.1, -0.05) is 26.0 Å². The number of hydrogen-bond donors (Lipinski definition) is 0. The molecule has 0 saturated carbocycles. The predicted molar refractivity (Wildman–Crippen MR) is 72.0 cm³/mol. The minimum atomic E-state index is -2.36. The molecule has 100 valence electrons. The number of benzene rings is 1. The standard InChI is InChI=1S/C13H19O4P/c1-4-18(15,5-2)10-17-13(14)11-8-6-7-9-12(11)16-3/h6-9H,4-5,10H2,1-3H3. The third kappa shape index (κ3) is 3.61. The normalized spacial score (nSPS) is 11.1. The summed E-state index contributed by atoms with van der Waals surface area (Å²) in [6.45, 7) is 3.70. The zero-order valence-corrected chi connectivity index (χ0v) is 11.9. The van der Waals surface area contributed by atoms with Gasteiger partial charge in [0.2, 0.25) is 0 Å². The van der Waals surface area contributed by atoms with Crippen LogP contribution >= 0.6 is 7.14 Å². The van der Waals surface area contributed by atoms with Gasteiger partial charge in [-0.2, -0.15) is 0 Å². The number of para-hydroxylation sites is 1. The van der Waals surface area contributed by atoms with E-state index < -0.39 is 13.1 Å². The summed E-state index contributed by atoms with van der Waals surface area (Å²) in [6, 6.07) is 6.83. The summed E-state index contributed by atoms with van der Waals surface area (Å²) in [5, 5.41) is 0. The summed E-state index contributed by atoms with van der Waals surface area (Å²) in [6.07, 6.45) is 1.09. The van der Waals surface area contributed by atoms with Crippen LogP contribution in [0.4, 0.5) is 0 Å². The molecule has 0 N–H and O–H groups in total. The molecule has 0 aliphatic rings. The Bertz CT molecular complexity index is 448. The summed E-state index contributed by atoms with van der Waals surface area (Å²) in [5.74, 6) is -0.0279. The number of methoxy groups -OCH3 is 1. The summed E-state index contributed by atoms with van der Waals surface area (Å²) in [5.41, 5.74) is 0.360. The highest BCUT2D eigenvalue weighted by Crippen LogP contribution is 2.44. The molecule has 0 aromatic heterocycles. The molecule has 0 atom stereocenters. The van der Waals surface area contributed by atoms with Crippen molar-refractivity contribution in [3.63, 3.8) is 0 Å². The van der Waals surface area contributed by atoms with Crippen LogP contribution in [0.1, 0.15) is 24.2 Å². The molecule has 0 aliphatic heterocycles. The molecule has 0 radical (unpaired) electrons. The van der Waals surface area contributed by atoms with E-state index in [0.717, 1.165) is 0 Å². The van der Waals surface area contributed by atoms with Crippen molar-refractivity contribution in [1.82, 2.24) is 0 Å². The van der Waals surface area contributed by atoms with E-state index in [2.05, 4.69) is 0 Å². The molecule has 0 amide bonds. The summed E-state index contributed by atoms with van der Waals surface area (Å²) >= 11 is 0. The van der Waals surface area contributed by atoms with Gasteiger partial charge in [-0.15, -0.1) is 0 Å². The van der Waals surface area contributed by atoms with Gasteiger partial charge in [0, 0.05) is 12.3 Å². The number of carbonyl (C=O) groups is 1. The van der Waals surface area contributed by atoms with Crippen molar-refractivity contribution in [3.05, 3.63) is 29.8 Å². The van der Waals surface area contributed by atoms with Crippen molar-refractivity contribution >= 4 is 13.1 Å². The Hall–Kier alpha value is -1.28. The Morgan fingerprint density at radius 1 is 1.22 bits per heavy atom. The average molecular weight is 270 g/mol. The lowest BCUT2D eigenvalue weighted by atomic mass is 10.2. The van der Waals surface area contributed by atoms with Gasteiger partial charge >= 0.3 is 5.97 Å². The van der Waals surface area contributed by atoms with Crippen molar-refractivity contribution in [3.8, 4) is 5.75 Å². The predicted octanol–water partition coefficient (Wildman–Crippen LogP) is 3.21. The first-order chi connectivity index (χ1) is 8.56. The summed E-state index contributed by atoms with van der Waals surface area (Å²) in [7, 11) is -0.868. The van der Waals surface area contributed by atoms with Crippen LogP contribution in [0.5, 0.6) is 5.75 Å². The third-order valence-corrected chi connectivity index (χ3v) is 5.82. The van der Waals surface area contributed by atoms with Crippen molar-refractivity contribution < 1.29 is 18.8 Å². The fourth-order valence-electron chi connectivity index (χ4n) is 1.47. The van der Waals surface area contributed by atoms with Gasteiger partial charge in [-0.05, 0) is 12.1 Å². The quantitative estimate of drug-likeness (QED) is 0.588. The van der Waals surface area contributed by atoms with E-state index in [0.29, 0.717) is 23.6 Å². The number of rotatable bonds is 6. The maximum Gasteiger partial charge on any atom is 0.342 e. The molecule has 0 fully saturated rings. The molecule has 5 heteroatoms. The first kappa shape index (κ1) is 14.8. The van der Waals surface area contributed by atoms with E-state index in [4.69, 9.17) is 9.47 Å².